The highest BCUT2D eigenvalue weighted by molar-refractivity contribution is 5.77. The second kappa shape index (κ2) is 7.00. The van der Waals surface area contributed by atoms with E-state index in [1.165, 1.54) is 11.3 Å². The average molecular weight is 342 g/mol. The lowest BCUT2D eigenvalue weighted by Gasteiger charge is -2.25. The molecular formula is C18H26N6O. The fraction of sp³-hybridized carbons (Fsp3) is 0.611. The quantitative estimate of drug-likeness (QED) is 0.821. The Kier molecular flexibility index (Phi) is 4.57. The van der Waals surface area contributed by atoms with Crippen LogP contribution in [-0.4, -0.2) is 54.9 Å². The third-order valence-electron chi connectivity index (χ3n) is 5.28. The van der Waals surface area contributed by atoms with Gasteiger partial charge in [0, 0.05) is 70.7 Å². The molecule has 4 rings (SSSR count). The summed E-state index contributed by atoms with van der Waals surface area (Å²) in [4.78, 5) is 16.4. The van der Waals surface area contributed by atoms with Gasteiger partial charge in [-0.15, -0.1) is 0 Å². The molecule has 1 fully saturated rings. The Morgan fingerprint density at radius 1 is 1.28 bits per heavy atom. The summed E-state index contributed by atoms with van der Waals surface area (Å²) in [5.74, 6) is 0.826. The van der Waals surface area contributed by atoms with E-state index in [4.69, 9.17) is 0 Å². The van der Waals surface area contributed by atoms with Crippen LogP contribution in [0, 0.1) is 5.92 Å². The predicted molar refractivity (Wildman–Crippen MR) is 93.5 cm³/mol. The predicted octanol–water partition coefficient (Wildman–Crippen LogP) is 1.26. The second-order valence-electron chi connectivity index (χ2n) is 7.34. The Morgan fingerprint density at radius 3 is 2.96 bits per heavy atom. The topological polar surface area (TPSA) is 59.2 Å². The van der Waals surface area contributed by atoms with Crippen LogP contribution in [-0.2, 0) is 31.5 Å². The van der Waals surface area contributed by atoms with Crippen molar-refractivity contribution >= 4 is 5.91 Å². The van der Waals surface area contributed by atoms with Crippen LogP contribution < -0.4 is 0 Å². The van der Waals surface area contributed by atoms with Crippen LogP contribution in [0.25, 0.3) is 0 Å². The first-order valence-corrected chi connectivity index (χ1v) is 9.16. The molecule has 2 aliphatic rings. The molecule has 7 heteroatoms. The summed E-state index contributed by atoms with van der Waals surface area (Å²) >= 11 is 0. The van der Waals surface area contributed by atoms with Crippen LogP contribution in [0.5, 0.6) is 0 Å². The summed E-state index contributed by atoms with van der Waals surface area (Å²) in [5, 5.41) is 8.78. The minimum absolute atomic E-state index is 0.320. The van der Waals surface area contributed by atoms with Gasteiger partial charge in [-0.1, -0.05) is 0 Å². The maximum Gasteiger partial charge on any atom is 0.222 e. The normalized spacial score (nSPS) is 21.6. The van der Waals surface area contributed by atoms with Crippen LogP contribution in [0.3, 0.4) is 0 Å². The summed E-state index contributed by atoms with van der Waals surface area (Å²) < 4.78 is 3.99. The number of amides is 1. The molecule has 25 heavy (non-hydrogen) atoms. The Bertz CT molecular complexity index is 736. The van der Waals surface area contributed by atoms with Crippen molar-refractivity contribution in [3.8, 4) is 0 Å². The summed E-state index contributed by atoms with van der Waals surface area (Å²) in [6, 6.07) is 2.11. The average Bonchev–Trinajstić information content (AvgIpc) is 3.27. The number of nitrogens with zero attached hydrogens (tertiary/aromatic N) is 6. The fourth-order valence-electron chi connectivity index (χ4n) is 4.01. The minimum atomic E-state index is 0.320. The molecule has 1 unspecified atom stereocenters. The number of hydrogen-bond donors (Lipinski definition) is 0. The van der Waals surface area contributed by atoms with Crippen LogP contribution in [0.2, 0.25) is 0 Å². The molecule has 7 nitrogen and oxygen atoms in total. The molecule has 0 saturated carbocycles. The van der Waals surface area contributed by atoms with Gasteiger partial charge in [0.2, 0.25) is 5.91 Å². The number of carbonyl (C=O) groups is 1. The summed E-state index contributed by atoms with van der Waals surface area (Å²) in [7, 11) is 1.96. The van der Waals surface area contributed by atoms with Crippen molar-refractivity contribution in [2.45, 2.75) is 38.9 Å². The third kappa shape index (κ3) is 3.76. The summed E-state index contributed by atoms with van der Waals surface area (Å²) in [6.07, 6.45) is 8.69. The smallest absolute Gasteiger partial charge is 0.222 e. The Balaban J connectivity index is 1.44. The lowest BCUT2D eigenvalue weighted by molar-refractivity contribution is -0.127. The second-order valence-corrected chi connectivity index (χ2v) is 7.34. The van der Waals surface area contributed by atoms with Crippen LogP contribution in [0.15, 0.2) is 24.7 Å². The van der Waals surface area contributed by atoms with Gasteiger partial charge >= 0.3 is 0 Å². The molecule has 134 valence electrons. The first-order valence-electron chi connectivity index (χ1n) is 9.16. The van der Waals surface area contributed by atoms with E-state index in [1.807, 2.05) is 29.0 Å². The van der Waals surface area contributed by atoms with E-state index in [0.717, 1.165) is 58.5 Å². The molecule has 1 saturated heterocycles. The van der Waals surface area contributed by atoms with Crippen molar-refractivity contribution in [3.05, 3.63) is 35.9 Å². The van der Waals surface area contributed by atoms with Crippen molar-refractivity contribution in [1.82, 2.24) is 29.4 Å². The molecule has 1 amide bonds. The van der Waals surface area contributed by atoms with E-state index in [-0.39, 0.29) is 0 Å². The Labute approximate surface area is 148 Å². The number of likely N-dealkylation sites (tertiary alicyclic amines) is 1. The third-order valence-corrected chi connectivity index (χ3v) is 5.28. The summed E-state index contributed by atoms with van der Waals surface area (Å²) in [5.41, 5.74) is 2.51. The minimum Gasteiger partial charge on any atom is -0.343 e. The number of hydrogen-bond acceptors (Lipinski definition) is 4. The molecule has 0 aliphatic carbocycles. The number of rotatable bonds is 5. The number of aryl methyl sites for hydroxylation is 1. The fourth-order valence-corrected chi connectivity index (χ4v) is 4.01. The first-order chi connectivity index (χ1) is 12.2. The van der Waals surface area contributed by atoms with Gasteiger partial charge in [-0.25, -0.2) is 0 Å². The molecular weight excluding hydrogens is 316 g/mol. The van der Waals surface area contributed by atoms with Crippen molar-refractivity contribution in [1.29, 1.82) is 0 Å². The van der Waals surface area contributed by atoms with Crippen molar-refractivity contribution in [3.63, 3.8) is 0 Å². The van der Waals surface area contributed by atoms with Crippen LogP contribution in [0.1, 0.15) is 30.5 Å². The van der Waals surface area contributed by atoms with Gasteiger partial charge < -0.3 is 4.90 Å². The molecule has 0 bridgehead atoms. The van der Waals surface area contributed by atoms with Gasteiger partial charge in [0.05, 0.1) is 11.9 Å². The molecule has 0 aromatic carbocycles. The zero-order valence-electron chi connectivity index (χ0n) is 14.8. The molecule has 4 heterocycles. The van der Waals surface area contributed by atoms with Gasteiger partial charge in [0.15, 0.2) is 0 Å². The molecule has 2 aromatic rings. The van der Waals surface area contributed by atoms with E-state index in [2.05, 4.69) is 32.0 Å². The SMILES string of the molecule is Cn1cc(CN2Cc3ccnn3CC(CCN3CCCC3=O)C2)cn1. The zero-order valence-corrected chi connectivity index (χ0v) is 14.8. The molecule has 2 aliphatic heterocycles. The van der Waals surface area contributed by atoms with Crippen molar-refractivity contribution in [2.75, 3.05) is 19.6 Å². The van der Waals surface area contributed by atoms with E-state index in [0.29, 0.717) is 11.8 Å². The van der Waals surface area contributed by atoms with Gasteiger partial charge in [0.25, 0.3) is 0 Å². The molecule has 0 radical (unpaired) electrons. The van der Waals surface area contributed by atoms with E-state index in [9.17, 15) is 4.79 Å². The lowest BCUT2D eigenvalue weighted by atomic mass is 10.0. The monoisotopic (exact) mass is 342 g/mol. The molecule has 0 spiro atoms. The molecule has 0 N–H and O–H groups in total. The highest BCUT2D eigenvalue weighted by atomic mass is 16.2. The number of carbonyl (C=O) groups excluding carboxylic acids is 1. The van der Waals surface area contributed by atoms with Crippen LogP contribution in [0.4, 0.5) is 0 Å². The molecule has 1 atom stereocenters. The van der Waals surface area contributed by atoms with Crippen molar-refractivity contribution in [2.24, 2.45) is 13.0 Å². The standard InChI is InChI=1S/C18H26N6O/c1-21-10-16(9-20-21)12-22-11-15(5-8-23-7-2-3-18(23)25)13-24-17(14-22)4-6-19-24/h4,6,9-10,15H,2-3,5,7-8,11-14H2,1H3. The van der Waals surface area contributed by atoms with E-state index >= 15 is 0 Å². The number of fused-ring (bicyclic) bond motifs is 1. The molecule has 2 aromatic heterocycles. The highest BCUT2D eigenvalue weighted by Crippen LogP contribution is 2.21. The zero-order chi connectivity index (χ0) is 17.2. The van der Waals surface area contributed by atoms with Crippen LogP contribution >= 0.6 is 0 Å². The van der Waals surface area contributed by atoms with Gasteiger partial charge in [-0.2, -0.15) is 10.2 Å². The van der Waals surface area contributed by atoms with Gasteiger partial charge in [-0.3, -0.25) is 19.1 Å². The first kappa shape index (κ1) is 16.3. The Hall–Kier alpha value is -2.15. The maximum atomic E-state index is 11.9. The van der Waals surface area contributed by atoms with Crippen molar-refractivity contribution < 1.29 is 4.79 Å². The Morgan fingerprint density at radius 2 is 2.20 bits per heavy atom. The highest BCUT2D eigenvalue weighted by Gasteiger charge is 2.25. The number of aromatic nitrogens is 4. The largest absolute Gasteiger partial charge is 0.343 e. The lowest BCUT2D eigenvalue weighted by Crippen LogP contribution is -2.32. The van der Waals surface area contributed by atoms with Gasteiger partial charge in [0.1, 0.15) is 0 Å². The van der Waals surface area contributed by atoms with E-state index < -0.39 is 0 Å². The van der Waals surface area contributed by atoms with Gasteiger partial charge in [-0.05, 0) is 24.8 Å². The van der Waals surface area contributed by atoms with E-state index in [1.54, 1.807) is 0 Å². The maximum absolute atomic E-state index is 11.9. The summed E-state index contributed by atoms with van der Waals surface area (Å²) in [6.45, 7) is 5.58.